The molecule has 3 aromatic rings. The summed E-state index contributed by atoms with van der Waals surface area (Å²) in [6, 6.07) is 8.62. The summed E-state index contributed by atoms with van der Waals surface area (Å²) in [4.78, 5) is 16.2. The van der Waals surface area contributed by atoms with Crippen LogP contribution in [0, 0.1) is 5.82 Å². The van der Waals surface area contributed by atoms with Crippen LogP contribution in [0.5, 0.6) is 0 Å². The van der Waals surface area contributed by atoms with E-state index in [1.165, 1.54) is 6.42 Å². The number of nitrogens with one attached hydrogen (secondary N) is 2. The molecular formula is C20H22FN7O. The number of pyridine rings is 1. The molecule has 0 radical (unpaired) electrons. The van der Waals surface area contributed by atoms with E-state index < -0.39 is 11.7 Å². The Morgan fingerprint density at radius 1 is 1.17 bits per heavy atom. The molecule has 2 heterocycles. The smallest absolute Gasteiger partial charge is 0.252 e. The molecule has 150 valence electrons. The second kappa shape index (κ2) is 8.26. The molecule has 4 N–H and O–H groups in total. The fourth-order valence-electron chi connectivity index (χ4n) is 3.52. The lowest BCUT2D eigenvalue weighted by Gasteiger charge is -2.24. The van der Waals surface area contributed by atoms with E-state index in [-0.39, 0.29) is 23.2 Å². The number of hydrogen-bond donors (Lipinski definition) is 3. The van der Waals surface area contributed by atoms with Gasteiger partial charge in [0.2, 0.25) is 0 Å². The molecule has 29 heavy (non-hydrogen) atoms. The van der Waals surface area contributed by atoms with Gasteiger partial charge in [0.25, 0.3) is 5.91 Å². The quantitative estimate of drug-likeness (QED) is 0.590. The molecule has 1 aromatic carbocycles. The summed E-state index contributed by atoms with van der Waals surface area (Å²) in [6.45, 7) is 0. The van der Waals surface area contributed by atoms with Gasteiger partial charge in [-0.3, -0.25) is 4.79 Å². The molecule has 1 aliphatic rings. The molecule has 1 saturated carbocycles. The first-order valence-electron chi connectivity index (χ1n) is 9.61. The highest BCUT2D eigenvalue weighted by atomic mass is 19.1. The van der Waals surface area contributed by atoms with Gasteiger partial charge in [-0.1, -0.05) is 30.5 Å². The van der Waals surface area contributed by atoms with Crippen molar-refractivity contribution in [3.8, 4) is 5.69 Å². The van der Waals surface area contributed by atoms with Gasteiger partial charge >= 0.3 is 0 Å². The predicted molar refractivity (Wildman–Crippen MR) is 108 cm³/mol. The van der Waals surface area contributed by atoms with Gasteiger partial charge < -0.3 is 16.4 Å². The molecule has 0 unspecified atom stereocenters. The molecule has 4 rings (SSSR count). The second-order valence-corrected chi connectivity index (χ2v) is 7.08. The molecule has 8 nitrogen and oxygen atoms in total. The maximum atomic E-state index is 14.6. The maximum absolute atomic E-state index is 14.6. The topological polar surface area (TPSA) is 111 Å². The Morgan fingerprint density at radius 3 is 2.72 bits per heavy atom. The fraction of sp³-hybridized carbons (Fsp3) is 0.300. The van der Waals surface area contributed by atoms with E-state index in [0.717, 1.165) is 37.4 Å². The average Bonchev–Trinajstić information content (AvgIpc) is 3.26. The largest absolute Gasteiger partial charge is 0.365 e. The van der Waals surface area contributed by atoms with Crippen LogP contribution in [0.25, 0.3) is 5.69 Å². The molecule has 9 heteroatoms. The number of halogens is 1. The number of nitrogens with zero attached hydrogens (tertiary/aromatic N) is 4. The van der Waals surface area contributed by atoms with Gasteiger partial charge in [-0.2, -0.15) is 0 Å². The van der Waals surface area contributed by atoms with E-state index in [4.69, 9.17) is 5.73 Å². The molecule has 0 bridgehead atoms. The number of amides is 1. The molecule has 0 atom stereocenters. The van der Waals surface area contributed by atoms with Crippen LogP contribution in [0.3, 0.4) is 0 Å². The standard InChI is InChI=1S/C20H22FN7O/c21-17-12-16(18(22)29)19(26-20(17)24-13-5-2-1-3-6-13)25-14-7-4-8-15(11-14)28-10-9-23-27-28/h4,7-13H,1-3,5-6H2,(H2,22,29)(H2,24,25,26). The molecule has 1 aliphatic carbocycles. The summed E-state index contributed by atoms with van der Waals surface area (Å²) in [5, 5.41) is 14.0. The third-order valence-electron chi connectivity index (χ3n) is 4.98. The first-order chi connectivity index (χ1) is 14.1. The summed E-state index contributed by atoms with van der Waals surface area (Å²) in [7, 11) is 0. The summed E-state index contributed by atoms with van der Waals surface area (Å²) in [6.07, 6.45) is 8.66. The Labute approximate surface area is 167 Å². The third-order valence-corrected chi connectivity index (χ3v) is 4.98. The van der Waals surface area contributed by atoms with E-state index in [1.807, 2.05) is 24.3 Å². The van der Waals surface area contributed by atoms with Crippen LogP contribution >= 0.6 is 0 Å². The minimum absolute atomic E-state index is 0.0112. The molecule has 0 saturated heterocycles. The van der Waals surface area contributed by atoms with Crippen molar-refractivity contribution in [2.75, 3.05) is 10.6 Å². The first-order valence-corrected chi connectivity index (χ1v) is 9.61. The number of rotatable bonds is 6. The van der Waals surface area contributed by atoms with Crippen molar-refractivity contribution in [1.29, 1.82) is 0 Å². The number of anilines is 3. The molecule has 1 amide bonds. The number of nitrogens with two attached hydrogens (primary N) is 1. The van der Waals surface area contributed by atoms with E-state index in [2.05, 4.69) is 25.9 Å². The van der Waals surface area contributed by atoms with E-state index >= 15 is 0 Å². The van der Waals surface area contributed by atoms with Gasteiger partial charge in [-0.15, -0.1) is 5.10 Å². The number of carbonyl (C=O) groups excluding carboxylic acids is 1. The van der Waals surface area contributed by atoms with Crippen molar-refractivity contribution in [3.05, 3.63) is 54.1 Å². The van der Waals surface area contributed by atoms with Gasteiger partial charge in [0.15, 0.2) is 11.6 Å². The minimum atomic E-state index is -0.754. The van der Waals surface area contributed by atoms with Crippen molar-refractivity contribution in [3.63, 3.8) is 0 Å². The zero-order valence-corrected chi connectivity index (χ0v) is 15.8. The molecule has 1 fully saturated rings. The highest BCUT2D eigenvalue weighted by Crippen LogP contribution is 2.27. The van der Waals surface area contributed by atoms with E-state index in [9.17, 15) is 9.18 Å². The molecule has 0 spiro atoms. The van der Waals surface area contributed by atoms with Crippen LogP contribution < -0.4 is 16.4 Å². The maximum Gasteiger partial charge on any atom is 0.252 e. The third kappa shape index (κ3) is 4.34. The van der Waals surface area contributed by atoms with Crippen molar-refractivity contribution >= 4 is 23.2 Å². The van der Waals surface area contributed by atoms with Crippen LogP contribution in [0.4, 0.5) is 21.7 Å². The van der Waals surface area contributed by atoms with Crippen molar-refractivity contribution < 1.29 is 9.18 Å². The summed E-state index contributed by atoms with van der Waals surface area (Å²) < 4.78 is 16.2. The normalized spacial score (nSPS) is 14.5. The van der Waals surface area contributed by atoms with E-state index in [1.54, 1.807) is 17.1 Å². The predicted octanol–water partition coefficient (Wildman–Crippen LogP) is 3.39. The lowest BCUT2D eigenvalue weighted by molar-refractivity contribution is 0.100. The zero-order chi connectivity index (χ0) is 20.2. The molecule has 2 aromatic heterocycles. The zero-order valence-electron chi connectivity index (χ0n) is 15.8. The van der Waals surface area contributed by atoms with Crippen molar-refractivity contribution in [2.45, 2.75) is 38.1 Å². The van der Waals surface area contributed by atoms with Crippen LogP contribution in [0.1, 0.15) is 42.5 Å². The van der Waals surface area contributed by atoms with Crippen LogP contribution in [-0.4, -0.2) is 31.9 Å². The van der Waals surface area contributed by atoms with Crippen LogP contribution in [0.2, 0.25) is 0 Å². The van der Waals surface area contributed by atoms with E-state index in [0.29, 0.717) is 5.69 Å². The molecule has 0 aliphatic heterocycles. The Kier molecular flexibility index (Phi) is 5.37. The Hall–Kier alpha value is -3.49. The minimum Gasteiger partial charge on any atom is -0.365 e. The summed E-state index contributed by atoms with van der Waals surface area (Å²) >= 11 is 0. The average molecular weight is 395 g/mol. The van der Waals surface area contributed by atoms with Crippen LogP contribution in [0.15, 0.2) is 42.7 Å². The Balaban J connectivity index is 1.63. The summed E-state index contributed by atoms with van der Waals surface area (Å²) in [5.41, 5.74) is 6.87. The highest BCUT2D eigenvalue weighted by molar-refractivity contribution is 5.98. The number of carbonyl (C=O) groups is 1. The van der Waals surface area contributed by atoms with Crippen molar-refractivity contribution in [1.82, 2.24) is 20.0 Å². The number of hydrogen-bond acceptors (Lipinski definition) is 6. The van der Waals surface area contributed by atoms with Gasteiger partial charge in [-0.05, 0) is 37.1 Å². The second-order valence-electron chi connectivity index (χ2n) is 7.08. The number of aromatic nitrogens is 4. The highest BCUT2D eigenvalue weighted by Gasteiger charge is 2.20. The van der Waals surface area contributed by atoms with Crippen LogP contribution in [-0.2, 0) is 0 Å². The van der Waals surface area contributed by atoms with Gasteiger partial charge in [-0.25, -0.2) is 14.1 Å². The molecular weight excluding hydrogens is 373 g/mol. The Morgan fingerprint density at radius 2 is 2.00 bits per heavy atom. The van der Waals surface area contributed by atoms with Gasteiger partial charge in [0.1, 0.15) is 5.82 Å². The lowest BCUT2D eigenvalue weighted by atomic mass is 9.95. The van der Waals surface area contributed by atoms with Gasteiger partial charge in [0.05, 0.1) is 23.6 Å². The Bertz CT molecular complexity index is 1000. The van der Waals surface area contributed by atoms with Gasteiger partial charge in [0, 0.05) is 11.7 Å². The number of benzene rings is 1. The first kappa shape index (κ1) is 18.9. The number of primary amides is 1. The summed E-state index contributed by atoms with van der Waals surface area (Å²) in [5.74, 6) is -1.02. The lowest BCUT2D eigenvalue weighted by Crippen LogP contribution is -2.24. The fourth-order valence-corrected chi connectivity index (χ4v) is 3.52. The monoisotopic (exact) mass is 395 g/mol. The SMILES string of the molecule is NC(=O)c1cc(F)c(NC2CCCCC2)nc1Nc1cccc(-n2ccnn2)c1. The van der Waals surface area contributed by atoms with Crippen molar-refractivity contribution in [2.24, 2.45) is 5.73 Å².